The van der Waals surface area contributed by atoms with Gasteiger partial charge in [0.05, 0.1) is 16.9 Å². The third kappa shape index (κ3) is 3.39. The summed E-state index contributed by atoms with van der Waals surface area (Å²) in [6.45, 7) is 10.5. The molecule has 2 aromatic carbocycles. The van der Waals surface area contributed by atoms with Crippen molar-refractivity contribution in [3.63, 3.8) is 0 Å². The molecule has 1 saturated heterocycles. The molecule has 3 aromatic rings. The van der Waals surface area contributed by atoms with Gasteiger partial charge in [-0.2, -0.15) is 0 Å². The van der Waals surface area contributed by atoms with Gasteiger partial charge in [0.1, 0.15) is 0 Å². The molecule has 0 saturated carbocycles. The molecule has 0 spiro atoms. The fourth-order valence-electron chi connectivity index (χ4n) is 3.50. The van der Waals surface area contributed by atoms with Crippen LogP contribution in [0.15, 0.2) is 66.9 Å². The number of nitrogens with zero attached hydrogens (tertiary/aromatic N) is 1. The predicted molar refractivity (Wildman–Crippen MR) is 116 cm³/mol. The third-order valence-electron chi connectivity index (χ3n) is 5.90. The zero-order chi connectivity index (χ0) is 19.9. The summed E-state index contributed by atoms with van der Waals surface area (Å²) in [6, 6.07) is 20.9. The Hall–Kier alpha value is -2.43. The van der Waals surface area contributed by atoms with Crippen LogP contribution >= 0.6 is 0 Å². The predicted octanol–water partition coefficient (Wildman–Crippen LogP) is 5.02. The van der Waals surface area contributed by atoms with E-state index in [0.717, 1.165) is 22.3 Å². The topological polar surface area (TPSA) is 31.4 Å². The van der Waals surface area contributed by atoms with Crippen molar-refractivity contribution in [1.82, 2.24) is 4.98 Å². The molecule has 2 heterocycles. The highest BCUT2D eigenvalue weighted by molar-refractivity contribution is 6.62. The van der Waals surface area contributed by atoms with Gasteiger partial charge in [-0.15, -0.1) is 0 Å². The summed E-state index contributed by atoms with van der Waals surface area (Å²) in [7, 11) is -0.406. The summed E-state index contributed by atoms with van der Waals surface area (Å²) in [5, 5.41) is 0. The van der Waals surface area contributed by atoms with Gasteiger partial charge in [0.2, 0.25) is 0 Å². The lowest BCUT2D eigenvalue weighted by atomic mass is 9.76. The zero-order valence-corrected chi connectivity index (χ0v) is 17.2. The summed E-state index contributed by atoms with van der Waals surface area (Å²) in [6.07, 6.45) is 1.82. The number of aryl methyl sites for hydroxylation is 1. The van der Waals surface area contributed by atoms with E-state index in [1.54, 1.807) is 0 Å². The Morgan fingerprint density at radius 1 is 0.786 bits per heavy atom. The van der Waals surface area contributed by atoms with Gasteiger partial charge in [-0.3, -0.25) is 4.98 Å². The van der Waals surface area contributed by atoms with Crippen LogP contribution in [-0.2, 0) is 9.31 Å². The first-order valence-electron chi connectivity index (χ1n) is 9.75. The fourth-order valence-corrected chi connectivity index (χ4v) is 3.50. The molecule has 142 valence electrons. The normalized spacial score (nSPS) is 17.7. The van der Waals surface area contributed by atoms with E-state index in [0.29, 0.717) is 0 Å². The van der Waals surface area contributed by atoms with E-state index in [9.17, 15) is 0 Å². The lowest BCUT2D eigenvalue weighted by molar-refractivity contribution is 0.00578. The highest BCUT2D eigenvalue weighted by Gasteiger charge is 2.51. The van der Waals surface area contributed by atoms with Crippen LogP contribution in [0.5, 0.6) is 0 Å². The number of hydrogen-bond donors (Lipinski definition) is 0. The highest BCUT2D eigenvalue weighted by atomic mass is 16.7. The molecule has 4 heteroatoms. The summed E-state index contributed by atoms with van der Waals surface area (Å²) >= 11 is 0. The van der Waals surface area contributed by atoms with Crippen molar-refractivity contribution >= 4 is 12.6 Å². The Morgan fingerprint density at radius 2 is 1.43 bits per heavy atom. The minimum Gasteiger partial charge on any atom is -0.399 e. The summed E-state index contributed by atoms with van der Waals surface area (Å²) in [5.74, 6) is 0. The van der Waals surface area contributed by atoms with Crippen LogP contribution in [0.25, 0.3) is 22.4 Å². The molecular formula is C24H26BNO2. The van der Waals surface area contributed by atoms with Crippen molar-refractivity contribution in [3.8, 4) is 22.4 Å². The van der Waals surface area contributed by atoms with Crippen LogP contribution in [0.1, 0.15) is 33.3 Å². The first-order chi connectivity index (χ1) is 13.3. The van der Waals surface area contributed by atoms with Crippen molar-refractivity contribution in [1.29, 1.82) is 0 Å². The summed E-state index contributed by atoms with van der Waals surface area (Å²) in [5.41, 5.74) is 5.86. The second-order valence-corrected chi connectivity index (χ2v) is 8.46. The van der Waals surface area contributed by atoms with E-state index in [-0.39, 0.29) is 11.2 Å². The average molecular weight is 371 g/mol. The molecule has 1 aliphatic rings. The second kappa shape index (κ2) is 6.87. The Labute approximate surface area is 167 Å². The van der Waals surface area contributed by atoms with Crippen LogP contribution in [0.2, 0.25) is 0 Å². The quantitative estimate of drug-likeness (QED) is 0.606. The molecule has 0 bridgehead atoms. The van der Waals surface area contributed by atoms with E-state index in [4.69, 9.17) is 9.31 Å². The van der Waals surface area contributed by atoms with E-state index < -0.39 is 7.12 Å². The van der Waals surface area contributed by atoms with Gasteiger partial charge in [0.25, 0.3) is 0 Å². The smallest absolute Gasteiger partial charge is 0.399 e. The summed E-state index contributed by atoms with van der Waals surface area (Å²) in [4.78, 5) is 4.55. The van der Waals surface area contributed by atoms with E-state index >= 15 is 0 Å². The van der Waals surface area contributed by atoms with Crippen molar-refractivity contribution in [2.45, 2.75) is 45.8 Å². The van der Waals surface area contributed by atoms with E-state index in [1.165, 1.54) is 11.1 Å². The van der Waals surface area contributed by atoms with Gasteiger partial charge >= 0.3 is 7.12 Å². The first-order valence-corrected chi connectivity index (χ1v) is 9.75. The molecule has 1 aromatic heterocycles. The maximum atomic E-state index is 6.32. The molecule has 0 amide bonds. The Balaban J connectivity index is 1.85. The Morgan fingerprint density at radius 3 is 2.07 bits per heavy atom. The monoisotopic (exact) mass is 371 g/mol. The van der Waals surface area contributed by atoms with Crippen LogP contribution in [-0.4, -0.2) is 23.3 Å². The standard InChI is InChI=1S/C24H26BNO2/c1-17-10-6-7-11-21(17)18-14-19(22-12-8-9-13-26-22)16-20(15-18)25-27-23(2,3)24(4,5)28-25/h6-16H,1-5H3. The largest absolute Gasteiger partial charge is 0.494 e. The van der Waals surface area contributed by atoms with Crippen LogP contribution in [0, 0.1) is 6.92 Å². The van der Waals surface area contributed by atoms with E-state index in [2.05, 4.69) is 82.1 Å². The van der Waals surface area contributed by atoms with Crippen molar-refractivity contribution in [2.24, 2.45) is 0 Å². The molecule has 0 N–H and O–H groups in total. The first kappa shape index (κ1) is 18.9. The molecule has 28 heavy (non-hydrogen) atoms. The molecule has 0 radical (unpaired) electrons. The average Bonchev–Trinajstić information content (AvgIpc) is 2.90. The minimum absolute atomic E-state index is 0.374. The van der Waals surface area contributed by atoms with Gasteiger partial charge in [-0.05, 0) is 75.0 Å². The second-order valence-electron chi connectivity index (χ2n) is 8.46. The summed E-state index contributed by atoms with van der Waals surface area (Å²) < 4.78 is 12.6. The van der Waals surface area contributed by atoms with Crippen molar-refractivity contribution < 1.29 is 9.31 Å². The Kier molecular flexibility index (Phi) is 4.64. The molecule has 1 aliphatic heterocycles. The number of benzene rings is 2. The van der Waals surface area contributed by atoms with Gasteiger partial charge in [0, 0.05) is 11.8 Å². The molecule has 0 unspecified atom stereocenters. The van der Waals surface area contributed by atoms with Gasteiger partial charge in [-0.1, -0.05) is 42.5 Å². The minimum atomic E-state index is -0.406. The van der Waals surface area contributed by atoms with Crippen LogP contribution < -0.4 is 5.46 Å². The number of aromatic nitrogens is 1. The number of pyridine rings is 1. The molecule has 0 aliphatic carbocycles. The molecule has 0 atom stereocenters. The molecule has 3 nitrogen and oxygen atoms in total. The van der Waals surface area contributed by atoms with Crippen LogP contribution in [0.4, 0.5) is 0 Å². The molecule has 1 fully saturated rings. The molecule has 4 rings (SSSR count). The van der Waals surface area contributed by atoms with Gasteiger partial charge in [-0.25, -0.2) is 0 Å². The van der Waals surface area contributed by atoms with E-state index in [1.807, 2.05) is 24.4 Å². The maximum Gasteiger partial charge on any atom is 0.494 e. The maximum absolute atomic E-state index is 6.32. The zero-order valence-electron chi connectivity index (χ0n) is 17.2. The third-order valence-corrected chi connectivity index (χ3v) is 5.90. The molecular weight excluding hydrogens is 345 g/mol. The number of rotatable bonds is 3. The van der Waals surface area contributed by atoms with Gasteiger partial charge in [0.15, 0.2) is 0 Å². The highest BCUT2D eigenvalue weighted by Crippen LogP contribution is 2.37. The lowest BCUT2D eigenvalue weighted by Crippen LogP contribution is -2.41. The lowest BCUT2D eigenvalue weighted by Gasteiger charge is -2.32. The van der Waals surface area contributed by atoms with Gasteiger partial charge < -0.3 is 9.31 Å². The fraction of sp³-hybridized carbons (Fsp3) is 0.292. The van der Waals surface area contributed by atoms with Crippen molar-refractivity contribution in [2.75, 3.05) is 0 Å². The van der Waals surface area contributed by atoms with Crippen LogP contribution in [0.3, 0.4) is 0 Å². The SMILES string of the molecule is Cc1ccccc1-c1cc(B2OC(C)(C)C(C)(C)O2)cc(-c2ccccn2)c1. The van der Waals surface area contributed by atoms with Crippen molar-refractivity contribution in [3.05, 3.63) is 72.4 Å². The Bertz CT molecular complexity index is 982. The number of hydrogen-bond acceptors (Lipinski definition) is 3.